The van der Waals surface area contributed by atoms with Gasteiger partial charge in [-0.05, 0) is 41.8 Å². The highest BCUT2D eigenvalue weighted by molar-refractivity contribution is 6.30. The Morgan fingerprint density at radius 1 is 1.03 bits per heavy atom. The van der Waals surface area contributed by atoms with Gasteiger partial charge in [0.1, 0.15) is 5.69 Å². The molecular weight excluding hydrogens is 434 g/mol. The molecule has 0 bridgehead atoms. The van der Waals surface area contributed by atoms with Crippen molar-refractivity contribution in [3.63, 3.8) is 0 Å². The quantitative estimate of drug-likeness (QED) is 0.374. The van der Waals surface area contributed by atoms with Crippen LogP contribution in [0, 0.1) is 0 Å². The predicted molar refractivity (Wildman–Crippen MR) is 128 cm³/mol. The van der Waals surface area contributed by atoms with Gasteiger partial charge in [-0.25, -0.2) is 0 Å². The predicted octanol–water partition coefficient (Wildman–Crippen LogP) is 5.39. The lowest BCUT2D eigenvalue weighted by molar-refractivity contribution is 0.0746. The molecule has 0 aliphatic carbocycles. The monoisotopic (exact) mass is 453 g/mol. The summed E-state index contributed by atoms with van der Waals surface area (Å²) in [7, 11) is 0. The minimum Gasteiger partial charge on any atom is -0.361 e. The second kappa shape index (κ2) is 7.90. The van der Waals surface area contributed by atoms with Gasteiger partial charge in [-0.1, -0.05) is 48.0 Å². The van der Waals surface area contributed by atoms with Gasteiger partial charge in [-0.2, -0.15) is 5.10 Å². The first kappa shape index (κ1) is 19.8. The fraction of sp³-hybridized carbons (Fsp3) is 0.115. The molecule has 162 valence electrons. The molecule has 0 radical (unpaired) electrons. The van der Waals surface area contributed by atoms with E-state index in [-0.39, 0.29) is 11.9 Å². The van der Waals surface area contributed by atoms with Crippen LogP contribution in [-0.2, 0) is 6.42 Å². The number of nitrogens with zero attached hydrogens (tertiary/aromatic N) is 3. The molecule has 6 rings (SSSR count). The lowest BCUT2D eigenvalue weighted by atomic mass is 9.97. The number of aromatic nitrogens is 4. The minimum absolute atomic E-state index is 0.0496. The molecule has 7 heteroatoms. The lowest BCUT2D eigenvalue weighted by Crippen LogP contribution is -2.31. The summed E-state index contributed by atoms with van der Waals surface area (Å²) in [6.07, 6.45) is 6.34. The van der Waals surface area contributed by atoms with E-state index in [9.17, 15) is 4.79 Å². The summed E-state index contributed by atoms with van der Waals surface area (Å²) in [4.78, 5) is 23.1. The molecule has 4 heterocycles. The second-order valence-electron chi connectivity index (χ2n) is 8.16. The number of carbonyl (C=O) groups excluding carboxylic acids is 1. The summed E-state index contributed by atoms with van der Waals surface area (Å²) in [5, 5.41) is 9.35. The van der Waals surface area contributed by atoms with Crippen molar-refractivity contribution in [2.75, 3.05) is 6.54 Å². The summed E-state index contributed by atoms with van der Waals surface area (Å²) in [5.41, 5.74) is 6.34. The van der Waals surface area contributed by atoms with Crippen molar-refractivity contribution in [2.24, 2.45) is 0 Å². The molecule has 33 heavy (non-hydrogen) atoms. The van der Waals surface area contributed by atoms with Crippen LogP contribution in [0.1, 0.15) is 33.2 Å². The number of fused-ring (bicyclic) bond motifs is 2. The maximum atomic E-state index is 13.5. The van der Waals surface area contributed by atoms with E-state index in [1.807, 2.05) is 65.8 Å². The van der Waals surface area contributed by atoms with Crippen LogP contribution < -0.4 is 0 Å². The number of H-pyrrole nitrogens is 2. The van der Waals surface area contributed by atoms with Gasteiger partial charge in [0.05, 0.1) is 11.7 Å². The van der Waals surface area contributed by atoms with Gasteiger partial charge in [0, 0.05) is 52.2 Å². The third-order valence-electron chi connectivity index (χ3n) is 6.28. The van der Waals surface area contributed by atoms with Gasteiger partial charge >= 0.3 is 0 Å². The van der Waals surface area contributed by atoms with Crippen LogP contribution in [0.3, 0.4) is 0 Å². The first-order valence-corrected chi connectivity index (χ1v) is 11.2. The number of benzene rings is 2. The third kappa shape index (κ3) is 3.31. The number of carbonyl (C=O) groups is 1. The summed E-state index contributed by atoms with van der Waals surface area (Å²) in [6.45, 7) is 0.572. The molecule has 2 aromatic carbocycles. The van der Waals surface area contributed by atoms with E-state index in [0.717, 1.165) is 34.3 Å². The number of halogens is 1. The summed E-state index contributed by atoms with van der Waals surface area (Å²) >= 11 is 6.09. The molecule has 6 nitrogen and oxygen atoms in total. The minimum atomic E-state index is -0.268. The van der Waals surface area contributed by atoms with Crippen molar-refractivity contribution in [3.8, 4) is 11.3 Å². The van der Waals surface area contributed by atoms with E-state index in [2.05, 4.69) is 32.3 Å². The van der Waals surface area contributed by atoms with Crippen LogP contribution >= 0.6 is 11.6 Å². The van der Waals surface area contributed by atoms with Crippen molar-refractivity contribution >= 4 is 28.4 Å². The van der Waals surface area contributed by atoms with Crippen LogP contribution in [0.2, 0.25) is 5.02 Å². The number of para-hydroxylation sites is 1. The largest absolute Gasteiger partial charge is 0.361 e. The molecule has 2 N–H and O–H groups in total. The number of amides is 1. The number of hydrogen-bond donors (Lipinski definition) is 2. The third-order valence-corrected chi connectivity index (χ3v) is 6.53. The Labute approximate surface area is 195 Å². The van der Waals surface area contributed by atoms with Crippen molar-refractivity contribution in [3.05, 3.63) is 107 Å². The summed E-state index contributed by atoms with van der Waals surface area (Å²) in [5.74, 6) is -0.0496. The molecule has 0 fully saturated rings. The van der Waals surface area contributed by atoms with Crippen molar-refractivity contribution < 1.29 is 4.79 Å². The SMILES string of the molecule is O=C1c2[nH]nc(-c3ccc(Cl)cc3)c2[C@@H](c2cccnc2)N1CCc1c[nH]c2ccccc12. The normalized spacial score (nSPS) is 15.4. The van der Waals surface area contributed by atoms with Gasteiger partial charge in [0.15, 0.2) is 0 Å². The Morgan fingerprint density at radius 2 is 1.88 bits per heavy atom. The Morgan fingerprint density at radius 3 is 2.70 bits per heavy atom. The van der Waals surface area contributed by atoms with E-state index < -0.39 is 0 Å². The first-order chi connectivity index (χ1) is 16.2. The Bertz CT molecular complexity index is 1460. The summed E-state index contributed by atoms with van der Waals surface area (Å²) < 4.78 is 0. The molecular formula is C26H20ClN5O. The van der Waals surface area contributed by atoms with Crippen molar-refractivity contribution in [1.29, 1.82) is 0 Å². The highest BCUT2D eigenvalue weighted by Crippen LogP contribution is 2.42. The van der Waals surface area contributed by atoms with Gasteiger partial charge in [0.2, 0.25) is 0 Å². The Balaban J connectivity index is 1.40. The first-order valence-electron chi connectivity index (χ1n) is 10.8. The van der Waals surface area contributed by atoms with Crippen LogP contribution in [0.15, 0.2) is 79.3 Å². The average molecular weight is 454 g/mol. The second-order valence-corrected chi connectivity index (χ2v) is 8.60. The lowest BCUT2D eigenvalue weighted by Gasteiger charge is -2.26. The van der Waals surface area contributed by atoms with E-state index in [1.54, 1.807) is 6.20 Å². The molecule has 5 aromatic rings. The number of hydrogen-bond acceptors (Lipinski definition) is 3. The molecule has 0 unspecified atom stereocenters. The molecule has 0 spiro atoms. The van der Waals surface area contributed by atoms with Crippen molar-refractivity contribution in [2.45, 2.75) is 12.5 Å². The van der Waals surface area contributed by atoms with E-state index in [0.29, 0.717) is 17.3 Å². The van der Waals surface area contributed by atoms with E-state index in [1.165, 1.54) is 10.9 Å². The van der Waals surface area contributed by atoms with E-state index in [4.69, 9.17) is 11.6 Å². The zero-order valence-corrected chi connectivity index (χ0v) is 18.4. The average Bonchev–Trinajstić information content (AvgIpc) is 3.53. The molecule has 1 amide bonds. The van der Waals surface area contributed by atoms with Gasteiger partial charge in [-0.15, -0.1) is 0 Å². The molecule has 0 saturated carbocycles. The zero-order valence-electron chi connectivity index (χ0n) is 17.6. The highest BCUT2D eigenvalue weighted by Gasteiger charge is 2.42. The molecule has 3 aromatic heterocycles. The van der Waals surface area contributed by atoms with Gasteiger partial charge < -0.3 is 9.88 Å². The smallest absolute Gasteiger partial charge is 0.273 e. The number of aromatic amines is 2. The topological polar surface area (TPSA) is 77.7 Å². The summed E-state index contributed by atoms with van der Waals surface area (Å²) in [6, 6.07) is 19.4. The highest BCUT2D eigenvalue weighted by atomic mass is 35.5. The van der Waals surface area contributed by atoms with Gasteiger partial charge in [0.25, 0.3) is 5.91 Å². The van der Waals surface area contributed by atoms with Crippen LogP contribution in [0.5, 0.6) is 0 Å². The Kier molecular flexibility index (Phi) is 4.73. The standard InChI is InChI=1S/C26H20ClN5O/c27-19-9-7-16(8-10-19)23-22-24(31-30-23)26(33)32(25(22)18-4-3-12-28-14-18)13-11-17-15-29-21-6-2-1-5-20(17)21/h1-10,12,14-15,25,29H,11,13H2,(H,30,31)/t25-/m1/s1. The van der Waals surface area contributed by atoms with Crippen LogP contribution in [-0.4, -0.2) is 37.5 Å². The molecule has 1 aliphatic rings. The number of pyridine rings is 1. The fourth-order valence-corrected chi connectivity index (χ4v) is 4.84. The number of rotatable bonds is 5. The number of nitrogens with one attached hydrogen (secondary N) is 2. The molecule has 0 saturated heterocycles. The maximum Gasteiger partial charge on any atom is 0.273 e. The van der Waals surface area contributed by atoms with Crippen LogP contribution in [0.25, 0.3) is 22.2 Å². The van der Waals surface area contributed by atoms with E-state index >= 15 is 0 Å². The molecule has 1 aliphatic heterocycles. The van der Waals surface area contributed by atoms with Crippen molar-refractivity contribution in [1.82, 2.24) is 25.1 Å². The fourth-order valence-electron chi connectivity index (χ4n) is 4.72. The maximum absolute atomic E-state index is 13.5. The zero-order chi connectivity index (χ0) is 22.4. The Hall–Kier alpha value is -3.90. The molecule has 1 atom stereocenters. The van der Waals surface area contributed by atoms with Crippen LogP contribution in [0.4, 0.5) is 0 Å². The van der Waals surface area contributed by atoms with Gasteiger partial charge in [-0.3, -0.25) is 14.9 Å².